The Balaban J connectivity index is 1.30. The molecule has 0 atom stereocenters. The van der Waals surface area contributed by atoms with Crippen LogP contribution in [0.25, 0.3) is 0 Å². The summed E-state index contributed by atoms with van der Waals surface area (Å²) in [5.74, 6) is 1.15. The standard InChI is InChI=1S/C17H21N5O4S/c1-24-12-6-11(7-12)16(23)21-17-20-10-15(27-17)26-14-9-18-13(8-19-14)22-2-4-25-5-3-22/h8-12H,2-7H2,1H3,(H,20,21,23). The number of amides is 1. The van der Waals surface area contributed by atoms with Gasteiger partial charge in [0.2, 0.25) is 16.9 Å². The maximum Gasteiger partial charge on any atom is 0.239 e. The molecule has 0 aromatic carbocycles. The first kappa shape index (κ1) is 18.1. The van der Waals surface area contributed by atoms with E-state index in [2.05, 4.69) is 25.2 Å². The average Bonchev–Trinajstić information content (AvgIpc) is 3.09. The molecule has 0 unspecified atom stereocenters. The molecule has 2 aromatic rings. The van der Waals surface area contributed by atoms with Gasteiger partial charge < -0.3 is 24.4 Å². The van der Waals surface area contributed by atoms with Crippen molar-refractivity contribution in [3.05, 3.63) is 18.6 Å². The summed E-state index contributed by atoms with van der Waals surface area (Å²) in [6.45, 7) is 3.00. The van der Waals surface area contributed by atoms with Crippen LogP contribution in [0.2, 0.25) is 0 Å². The topological polar surface area (TPSA) is 98.7 Å². The van der Waals surface area contributed by atoms with Gasteiger partial charge in [-0.05, 0) is 12.8 Å². The number of hydrogen-bond acceptors (Lipinski definition) is 9. The molecule has 1 N–H and O–H groups in total. The normalized spacial score (nSPS) is 22.2. The number of carbonyl (C=O) groups is 1. The third-order valence-corrected chi connectivity index (χ3v) is 5.46. The van der Waals surface area contributed by atoms with Gasteiger partial charge in [0.1, 0.15) is 5.82 Å². The molecule has 0 spiro atoms. The van der Waals surface area contributed by atoms with Gasteiger partial charge in [0.15, 0.2) is 5.13 Å². The molecule has 9 nitrogen and oxygen atoms in total. The van der Waals surface area contributed by atoms with E-state index >= 15 is 0 Å². The summed E-state index contributed by atoms with van der Waals surface area (Å²) < 4.78 is 16.2. The molecule has 27 heavy (non-hydrogen) atoms. The van der Waals surface area contributed by atoms with Crippen molar-refractivity contribution in [2.45, 2.75) is 18.9 Å². The van der Waals surface area contributed by atoms with Crippen molar-refractivity contribution in [3.8, 4) is 10.9 Å². The molecular formula is C17H21N5O4S. The minimum atomic E-state index is -0.0288. The first-order valence-electron chi connectivity index (χ1n) is 8.83. The van der Waals surface area contributed by atoms with E-state index in [9.17, 15) is 4.79 Å². The Hall–Kier alpha value is -2.30. The van der Waals surface area contributed by atoms with Gasteiger partial charge in [-0.3, -0.25) is 4.79 Å². The first-order valence-corrected chi connectivity index (χ1v) is 9.65. The molecule has 0 bridgehead atoms. The van der Waals surface area contributed by atoms with Gasteiger partial charge in [0.25, 0.3) is 0 Å². The molecule has 1 saturated carbocycles. The lowest BCUT2D eigenvalue weighted by atomic mass is 9.82. The second kappa shape index (κ2) is 8.15. The van der Waals surface area contributed by atoms with Crippen LogP contribution < -0.4 is 15.0 Å². The van der Waals surface area contributed by atoms with Crippen molar-refractivity contribution in [1.82, 2.24) is 15.0 Å². The summed E-state index contributed by atoms with van der Waals surface area (Å²) >= 11 is 1.26. The van der Waals surface area contributed by atoms with E-state index in [4.69, 9.17) is 14.2 Å². The highest BCUT2D eigenvalue weighted by molar-refractivity contribution is 7.17. The summed E-state index contributed by atoms with van der Waals surface area (Å²) in [5, 5.41) is 3.88. The highest BCUT2D eigenvalue weighted by Crippen LogP contribution is 2.33. The van der Waals surface area contributed by atoms with Crippen LogP contribution in [0.4, 0.5) is 10.9 Å². The minimum Gasteiger partial charge on any atom is -0.425 e. The van der Waals surface area contributed by atoms with Crippen LogP contribution in [0.5, 0.6) is 10.9 Å². The van der Waals surface area contributed by atoms with Crippen molar-refractivity contribution in [1.29, 1.82) is 0 Å². The quantitative estimate of drug-likeness (QED) is 0.798. The fourth-order valence-corrected chi connectivity index (χ4v) is 3.64. The maximum absolute atomic E-state index is 12.1. The number of morpholine rings is 1. The molecule has 10 heteroatoms. The maximum atomic E-state index is 12.1. The number of rotatable bonds is 6. The number of ether oxygens (including phenoxy) is 3. The molecule has 0 radical (unpaired) electrons. The van der Waals surface area contributed by atoms with Crippen LogP contribution in [0, 0.1) is 5.92 Å². The first-order chi connectivity index (χ1) is 13.2. The zero-order chi connectivity index (χ0) is 18.6. The van der Waals surface area contributed by atoms with Crippen LogP contribution in [-0.2, 0) is 14.3 Å². The van der Waals surface area contributed by atoms with Gasteiger partial charge in [0, 0.05) is 26.1 Å². The smallest absolute Gasteiger partial charge is 0.239 e. The molecule has 3 heterocycles. The summed E-state index contributed by atoms with van der Waals surface area (Å²) in [6.07, 6.45) is 6.53. The molecule has 1 saturated heterocycles. The summed E-state index contributed by atoms with van der Waals surface area (Å²) in [6, 6.07) is 0. The second-order valence-electron chi connectivity index (χ2n) is 6.41. The molecule has 2 fully saturated rings. The zero-order valence-electron chi connectivity index (χ0n) is 15.0. The molecule has 2 aromatic heterocycles. The highest BCUT2D eigenvalue weighted by Gasteiger charge is 2.34. The number of carbonyl (C=O) groups excluding carboxylic acids is 1. The van der Waals surface area contributed by atoms with Crippen molar-refractivity contribution in [3.63, 3.8) is 0 Å². The number of anilines is 2. The average molecular weight is 391 g/mol. The Morgan fingerprint density at radius 2 is 2.04 bits per heavy atom. The monoisotopic (exact) mass is 391 g/mol. The lowest BCUT2D eigenvalue weighted by Crippen LogP contribution is -2.38. The highest BCUT2D eigenvalue weighted by atomic mass is 32.1. The fraction of sp³-hybridized carbons (Fsp3) is 0.529. The number of methoxy groups -OCH3 is 1. The number of thiazole rings is 1. The molecular weight excluding hydrogens is 370 g/mol. The van der Waals surface area contributed by atoms with Crippen molar-refractivity contribution >= 4 is 28.2 Å². The third kappa shape index (κ3) is 4.34. The van der Waals surface area contributed by atoms with E-state index in [0.717, 1.165) is 31.7 Å². The molecule has 4 rings (SSSR count). The molecule has 1 aliphatic carbocycles. The lowest BCUT2D eigenvalue weighted by molar-refractivity contribution is -0.127. The molecule has 1 aliphatic heterocycles. The SMILES string of the molecule is COC1CC(C(=O)Nc2ncc(Oc3cnc(N4CCOCC4)cn3)s2)C1. The number of nitrogens with one attached hydrogen (secondary N) is 1. The van der Waals surface area contributed by atoms with E-state index in [0.29, 0.717) is 29.3 Å². The summed E-state index contributed by atoms with van der Waals surface area (Å²) in [7, 11) is 1.67. The van der Waals surface area contributed by atoms with E-state index in [-0.39, 0.29) is 17.9 Å². The lowest BCUT2D eigenvalue weighted by Gasteiger charge is -2.32. The van der Waals surface area contributed by atoms with Gasteiger partial charge in [-0.1, -0.05) is 11.3 Å². The fourth-order valence-electron chi connectivity index (χ4n) is 2.96. The Morgan fingerprint density at radius 1 is 1.22 bits per heavy atom. The van der Waals surface area contributed by atoms with E-state index in [1.54, 1.807) is 25.7 Å². The second-order valence-corrected chi connectivity index (χ2v) is 7.41. The Morgan fingerprint density at radius 3 is 2.74 bits per heavy atom. The van der Waals surface area contributed by atoms with Gasteiger partial charge >= 0.3 is 0 Å². The van der Waals surface area contributed by atoms with E-state index in [1.165, 1.54) is 11.3 Å². The predicted molar refractivity (Wildman–Crippen MR) is 99.4 cm³/mol. The predicted octanol–water partition coefficient (Wildman–Crippen LogP) is 1.93. The largest absolute Gasteiger partial charge is 0.425 e. The Kier molecular flexibility index (Phi) is 5.46. The van der Waals surface area contributed by atoms with Gasteiger partial charge in [-0.15, -0.1) is 0 Å². The van der Waals surface area contributed by atoms with Crippen molar-refractivity contribution in [2.75, 3.05) is 43.6 Å². The number of hydrogen-bond donors (Lipinski definition) is 1. The van der Waals surface area contributed by atoms with Crippen LogP contribution in [0.3, 0.4) is 0 Å². The van der Waals surface area contributed by atoms with Gasteiger partial charge in [-0.2, -0.15) is 0 Å². The van der Waals surface area contributed by atoms with Gasteiger partial charge in [0.05, 0.1) is 37.9 Å². The van der Waals surface area contributed by atoms with E-state index < -0.39 is 0 Å². The Labute approximate surface area is 160 Å². The van der Waals surface area contributed by atoms with E-state index in [1.807, 2.05) is 0 Å². The Bertz CT molecular complexity index is 772. The van der Waals surface area contributed by atoms with Crippen molar-refractivity contribution < 1.29 is 19.0 Å². The molecule has 144 valence electrons. The van der Waals surface area contributed by atoms with Crippen LogP contribution in [0.15, 0.2) is 18.6 Å². The summed E-state index contributed by atoms with van der Waals surface area (Å²) in [4.78, 5) is 27.1. The van der Waals surface area contributed by atoms with Crippen LogP contribution in [-0.4, -0.2) is 60.4 Å². The molecule has 2 aliphatic rings. The van der Waals surface area contributed by atoms with Gasteiger partial charge in [-0.25, -0.2) is 15.0 Å². The van der Waals surface area contributed by atoms with Crippen LogP contribution in [0.1, 0.15) is 12.8 Å². The summed E-state index contributed by atoms with van der Waals surface area (Å²) in [5.41, 5.74) is 0. The van der Waals surface area contributed by atoms with Crippen LogP contribution >= 0.6 is 11.3 Å². The zero-order valence-corrected chi connectivity index (χ0v) is 15.8. The number of aromatic nitrogens is 3. The molecule has 1 amide bonds. The third-order valence-electron chi connectivity index (χ3n) is 4.67. The van der Waals surface area contributed by atoms with Crippen molar-refractivity contribution in [2.24, 2.45) is 5.92 Å². The minimum absolute atomic E-state index is 0.0122. The number of nitrogens with zero attached hydrogens (tertiary/aromatic N) is 4.